The van der Waals surface area contributed by atoms with Crippen molar-refractivity contribution in [2.75, 3.05) is 26.2 Å². The summed E-state index contributed by atoms with van der Waals surface area (Å²) < 4.78 is 13.9. The summed E-state index contributed by atoms with van der Waals surface area (Å²) in [4.78, 5) is 14.1. The van der Waals surface area contributed by atoms with Crippen molar-refractivity contribution in [1.29, 1.82) is 0 Å². The first-order valence-corrected chi connectivity index (χ1v) is 6.42. The van der Waals surface area contributed by atoms with Crippen LogP contribution in [0.1, 0.15) is 15.9 Å². The number of carbonyl (C=O) groups is 1. The first-order chi connectivity index (χ1) is 8.66. The van der Waals surface area contributed by atoms with Crippen LogP contribution in [-0.2, 0) is 0 Å². The summed E-state index contributed by atoms with van der Waals surface area (Å²) in [6.07, 6.45) is 0. The predicted octanol–water partition coefficient (Wildman–Crippen LogP) is 1.85. The number of carbonyl (C=O) groups excluding carboxylic acids is 1. The number of nitrogens with one attached hydrogen (secondary N) is 1. The molecule has 0 unspecified atom stereocenters. The fraction of sp³-hybridized carbons (Fsp3) is 0.500. The van der Waals surface area contributed by atoms with Gasteiger partial charge in [-0.15, -0.1) is 12.4 Å². The Bertz CT molecular complexity index is 482. The van der Waals surface area contributed by atoms with E-state index in [1.54, 1.807) is 30.0 Å². The summed E-state index contributed by atoms with van der Waals surface area (Å²) in [5, 5.41) is 3.33. The van der Waals surface area contributed by atoms with Gasteiger partial charge in [0.05, 0.1) is 5.56 Å². The lowest BCUT2D eigenvalue weighted by atomic mass is 10.0. The molecule has 2 aliphatic heterocycles. The smallest absolute Gasteiger partial charge is 0.256 e. The van der Waals surface area contributed by atoms with Crippen molar-refractivity contribution < 1.29 is 9.18 Å². The van der Waals surface area contributed by atoms with Crippen LogP contribution in [0.4, 0.5) is 4.39 Å². The molecule has 0 aliphatic carbocycles. The average Bonchev–Trinajstić information content (AvgIpc) is 2.92. The Kier molecular flexibility index (Phi) is 4.11. The van der Waals surface area contributed by atoms with E-state index in [-0.39, 0.29) is 29.7 Å². The van der Waals surface area contributed by atoms with Gasteiger partial charge in [-0.25, -0.2) is 4.39 Å². The van der Waals surface area contributed by atoms with E-state index in [0.29, 0.717) is 17.4 Å². The van der Waals surface area contributed by atoms with Crippen LogP contribution in [0.2, 0.25) is 0 Å². The topological polar surface area (TPSA) is 32.3 Å². The monoisotopic (exact) mass is 284 g/mol. The van der Waals surface area contributed by atoms with Gasteiger partial charge in [0.25, 0.3) is 5.91 Å². The predicted molar refractivity (Wildman–Crippen MR) is 74.1 cm³/mol. The van der Waals surface area contributed by atoms with Gasteiger partial charge in [0.2, 0.25) is 0 Å². The van der Waals surface area contributed by atoms with Gasteiger partial charge in [0.15, 0.2) is 0 Å². The Balaban J connectivity index is 0.00000133. The molecule has 5 heteroatoms. The molecule has 2 fully saturated rings. The summed E-state index contributed by atoms with van der Waals surface area (Å²) >= 11 is 0. The molecule has 0 aromatic heterocycles. The van der Waals surface area contributed by atoms with Crippen molar-refractivity contribution in [3.05, 3.63) is 35.1 Å². The van der Waals surface area contributed by atoms with Crippen molar-refractivity contribution in [2.45, 2.75) is 6.92 Å². The molecule has 104 valence electrons. The maximum absolute atomic E-state index is 13.9. The highest BCUT2D eigenvalue weighted by atomic mass is 35.5. The molecule has 2 saturated heterocycles. The van der Waals surface area contributed by atoms with E-state index in [1.807, 2.05) is 0 Å². The number of nitrogens with zero attached hydrogens (tertiary/aromatic N) is 1. The van der Waals surface area contributed by atoms with Crippen LogP contribution in [0.3, 0.4) is 0 Å². The Labute approximate surface area is 118 Å². The maximum atomic E-state index is 13.9. The highest BCUT2D eigenvalue weighted by Crippen LogP contribution is 2.28. The second-order valence-electron chi connectivity index (χ2n) is 5.32. The number of hydrogen-bond acceptors (Lipinski definition) is 2. The van der Waals surface area contributed by atoms with Gasteiger partial charge in [0, 0.05) is 26.2 Å². The highest BCUT2D eigenvalue weighted by Gasteiger charge is 2.38. The zero-order valence-corrected chi connectivity index (χ0v) is 11.7. The first-order valence-electron chi connectivity index (χ1n) is 6.42. The molecule has 1 aromatic rings. The highest BCUT2D eigenvalue weighted by molar-refractivity contribution is 5.95. The number of aryl methyl sites for hydroxylation is 1. The van der Waals surface area contributed by atoms with Crippen LogP contribution >= 0.6 is 12.4 Å². The van der Waals surface area contributed by atoms with Crippen LogP contribution in [0.5, 0.6) is 0 Å². The minimum Gasteiger partial charge on any atom is -0.338 e. The van der Waals surface area contributed by atoms with Gasteiger partial charge in [0.1, 0.15) is 5.82 Å². The van der Waals surface area contributed by atoms with Crippen LogP contribution < -0.4 is 5.32 Å². The standard InChI is InChI=1S/C14H17FN2O.ClH/c1-9-3-2-4-12(13(9)15)14(18)17-7-10-5-16-6-11(10)8-17;/h2-4,10-11,16H,5-8H2,1H3;1H/t10-,11+;. The van der Waals surface area contributed by atoms with Gasteiger partial charge in [-0.1, -0.05) is 12.1 Å². The lowest BCUT2D eigenvalue weighted by Crippen LogP contribution is -2.32. The van der Waals surface area contributed by atoms with Crippen LogP contribution in [0.25, 0.3) is 0 Å². The molecule has 3 rings (SSSR count). The van der Waals surface area contributed by atoms with E-state index < -0.39 is 0 Å². The fourth-order valence-corrected chi connectivity index (χ4v) is 3.00. The first kappa shape index (κ1) is 14.3. The lowest BCUT2D eigenvalue weighted by molar-refractivity contribution is 0.0777. The Morgan fingerprint density at radius 1 is 1.32 bits per heavy atom. The van der Waals surface area contributed by atoms with E-state index in [9.17, 15) is 9.18 Å². The molecule has 3 nitrogen and oxygen atoms in total. The third-order valence-corrected chi connectivity index (χ3v) is 4.10. The molecule has 1 aromatic carbocycles. The molecule has 0 spiro atoms. The number of amides is 1. The number of rotatable bonds is 1. The number of halogens is 2. The molecule has 0 saturated carbocycles. The van der Waals surface area contributed by atoms with E-state index in [0.717, 1.165) is 26.2 Å². The van der Waals surface area contributed by atoms with Gasteiger partial charge < -0.3 is 10.2 Å². The fourth-order valence-electron chi connectivity index (χ4n) is 3.00. The molecule has 2 heterocycles. The molecule has 1 amide bonds. The summed E-state index contributed by atoms with van der Waals surface area (Å²) in [5.41, 5.74) is 0.741. The second kappa shape index (κ2) is 5.47. The molecule has 2 atom stereocenters. The molecule has 0 bridgehead atoms. The molecular formula is C14H18ClFN2O. The Hall–Kier alpha value is -1.13. The molecule has 1 N–H and O–H groups in total. The van der Waals surface area contributed by atoms with E-state index in [4.69, 9.17) is 0 Å². The van der Waals surface area contributed by atoms with Crippen molar-refractivity contribution in [2.24, 2.45) is 11.8 Å². The lowest BCUT2D eigenvalue weighted by Gasteiger charge is -2.18. The minimum absolute atomic E-state index is 0. The van der Waals surface area contributed by atoms with Crippen molar-refractivity contribution in [3.63, 3.8) is 0 Å². The van der Waals surface area contributed by atoms with Crippen LogP contribution in [0.15, 0.2) is 18.2 Å². The number of hydrogen-bond donors (Lipinski definition) is 1. The number of fused-ring (bicyclic) bond motifs is 1. The van der Waals surface area contributed by atoms with Crippen LogP contribution in [0, 0.1) is 24.6 Å². The summed E-state index contributed by atoms with van der Waals surface area (Å²) in [6.45, 7) is 5.15. The van der Waals surface area contributed by atoms with Gasteiger partial charge in [-0.2, -0.15) is 0 Å². The maximum Gasteiger partial charge on any atom is 0.256 e. The molecular weight excluding hydrogens is 267 g/mol. The second-order valence-corrected chi connectivity index (χ2v) is 5.32. The largest absolute Gasteiger partial charge is 0.338 e. The molecule has 2 aliphatic rings. The Morgan fingerprint density at radius 2 is 1.95 bits per heavy atom. The van der Waals surface area contributed by atoms with E-state index >= 15 is 0 Å². The van der Waals surface area contributed by atoms with Gasteiger partial charge in [-0.3, -0.25) is 4.79 Å². The zero-order chi connectivity index (χ0) is 12.7. The zero-order valence-electron chi connectivity index (χ0n) is 10.9. The van der Waals surface area contributed by atoms with Crippen LogP contribution in [-0.4, -0.2) is 37.0 Å². The van der Waals surface area contributed by atoms with Gasteiger partial charge >= 0.3 is 0 Å². The summed E-state index contributed by atoms with van der Waals surface area (Å²) in [7, 11) is 0. The number of benzene rings is 1. The van der Waals surface area contributed by atoms with Gasteiger partial charge in [-0.05, 0) is 30.4 Å². The third kappa shape index (κ3) is 2.47. The van der Waals surface area contributed by atoms with E-state index in [1.165, 1.54) is 0 Å². The molecule has 19 heavy (non-hydrogen) atoms. The van der Waals surface area contributed by atoms with Crippen molar-refractivity contribution >= 4 is 18.3 Å². The van der Waals surface area contributed by atoms with Crippen molar-refractivity contribution in [3.8, 4) is 0 Å². The SMILES string of the molecule is Cc1cccc(C(=O)N2C[C@H]3CNC[C@H]3C2)c1F.Cl. The Morgan fingerprint density at radius 3 is 2.58 bits per heavy atom. The summed E-state index contributed by atoms with van der Waals surface area (Å²) in [6, 6.07) is 5.01. The quantitative estimate of drug-likeness (QED) is 0.854. The van der Waals surface area contributed by atoms with Crippen molar-refractivity contribution in [1.82, 2.24) is 10.2 Å². The third-order valence-electron chi connectivity index (χ3n) is 4.10. The molecule has 0 radical (unpaired) electrons. The summed E-state index contributed by atoms with van der Waals surface area (Å²) in [5.74, 6) is 0.548. The number of likely N-dealkylation sites (tertiary alicyclic amines) is 1. The average molecular weight is 285 g/mol. The normalized spacial score (nSPS) is 25.1. The minimum atomic E-state index is -0.377. The van der Waals surface area contributed by atoms with E-state index in [2.05, 4.69) is 5.32 Å².